The van der Waals surface area contributed by atoms with Crippen molar-refractivity contribution in [3.63, 3.8) is 0 Å². The minimum Gasteiger partial charge on any atom is -0.394 e. The SMILES string of the molecule is CCCCCCCCCCCCCCCCCC(CC(CC)CCCC)OCCO. The Balaban J connectivity index is 3.58. The zero-order chi connectivity index (χ0) is 22.1. The summed E-state index contributed by atoms with van der Waals surface area (Å²) in [6.07, 6.45) is 29.2. The lowest BCUT2D eigenvalue weighted by Crippen LogP contribution is -2.19. The van der Waals surface area contributed by atoms with E-state index in [0.717, 1.165) is 5.92 Å². The minimum atomic E-state index is 0.154. The van der Waals surface area contributed by atoms with Crippen LogP contribution in [-0.4, -0.2) is 24.4 Å². The molecule has 182 valence electrons. The second-order valence-corrected chi connectivity index (χ2v) is 9.61. The van der Waals surface area contributed by atoms with E-state index in [9.17, 15) is 0 Å². The van der Waals surface area contributed by atoms with Crippen LogP contribution in [0.1, 0.15) is 156 Å². The van der Waals surface area contributed by atoms with Crippen LogP contribution in [-0.2, 0) is 4.74 Å². The predicted molar refractivity (Wildman–Crippen MR) is 134 cm³/mol. The van der Waals surface area contributed by atoms with Crippen molar-refractivity contribution in [1.82, 2.24) is 0 Å². The van der Waals surface area contributed by atoms with Gasteiger partial charge in [0.05, 0.1) is 19.3 Å². The molecular weight excluding hydrogens is 368 g/mol. The first-order valence-corrected chi connectivity index (χ1v) is 14.0. The lowest BCUT2D eigenvalue weighted by molar-refractivity contribution is 0.00787. The lowest BCUT2D eigenvalue weighted by atomic mass is 9.91. The average Bonchev–Trinajstić information content (AvgIpc) is 2.76. The summed E-state index contributed by atoms with van der Waals surface area (Å²) in [5.41, 5.74) is 0. The number of rotatable bonds is 25. The van der Waals surface area contributed by atoms with Crippen LogP contribution < -0.4 is 0 Å². The zero-order valence-electron chi connectivity index (χ0n) is 21.3. The van der Waals surface area contributed by atoms with Crippen LogP contribution >= 0.6 is 0 Å². The monoisotopic (exact) mass is 426 g/mol. The number of hydrogen-bond acceptors (Lipinski definition) is 2. The topological polar surface area (TPSA) is 29.5 Å². The summed E-state index contributed by atoms with van der Waals surface area (Å²) in [7, 11) is 0. The number of hydrogen-bond donors (Lipinski definition) is 1. The van der Waals surface area contributed by atoms with Gasteiger partial charge in [0.15, 0.2) is 0 Å². The molecule has 0 saturated heterocycles. The lowest BCUT2D eigenvalue weighted by Gasteiger charge is -2.23. The van der Waals surface area contributed by atoms with Gasteiger partial charge in [-0.25, -0.2) is 0 Å². The van der Waals surface area contributed by atoms with E-state index in [0.29, 0.717) is 12.7 Å². The highest BCUT2D eigenvalue weighted by atomic mass is 16.5. The summed E-state index contributed by atoms with van der Waals surface area (Å²) >= 11 is 0. The molecule has 0 saturated carbocycles. The molecule has 0 aromatic heterocycles. The number of ether oxygens (including phenoxy) is 1. The molecule has 0 heterocycles. The van der Waals surface area contributed by atoms with Gasteiger partial charge >= 0.3 is 0 Å². The molecule has 0 amide bonds. The molecule has 30 heavy (non-hydrogen) atoms. The van der Waals surface area contributed by atoms with Gasteiger partial charge in [-0.2, -0.15) is 0 Å². The van der Waals surface area contributed by atoms with E-state index in [1.807, 2.05) is 0 Å². The van der Waals surface area contributed by atoms with Gasteiger partial charge in [-0.1, -0.05) is 143 Å². The maximum absolute atomic E-state index is 9.13. The van der Waals surface area contributed by atoms with Crippen molar-refractivity contribution in [1.29, 1.82) is 0 Å². The maximum Gasteiger partial charge on any atom is 0.0701 e. The van der Waals surface area contributed by atoms with E-state index in [1.165, 1.54) is 135 Å². The van der Waals surface area contributed by atoms with Gasteiger partial charge in [-0.05, 0) is 18.8 Å². The van der Waals surface area contributed by atoms with Crippen molar-refractivity contribution >= 4 is 0 Å². The van der Waals surface area contributed by atoms with Crippen LogP contribution in [0.4, 0.5) is 0 Å². The van der Waals surface area contributed by atoms with Crippen LogP contribution in [0.2, 0.25) is 0 Å². The molecule has 0 aromatic rings. The molecule has 2 unspecified atom stereocenters. The molecule has 1 N–H and O–H groups in total. The first kappa shape index (κ1) is 29.9. The molecule has 0 rings (SSSR count). The Kier molecular flexibility index (Phi) is 25.1. The third-order valence-electron chi connectivity index (χ3n) is 6.71. The largest absolute Gasteiger partial charge is 0.394 e. The van der Waals surface area contributed by atoms with E-state index in [4.69, 9.17) is 9.84 Å². The molecule has 0 bridgehead atoms. The first-order valence-electron chi connectivity index (χ1n) is 14.0. The van der Waals surface area contributed by atoms with Crippen molar-refractivity contribution < 1.29 is 9.84 Å². The quantitative estimate of drug-likeness (QED) is 0.147. The van der Waals surface area contributed by atoms with Gasteiger partial charge in [-0.3, -0.25) is 0 Å². The van der Waals surface area contributed by atoms with Crippen molar-refractivity contribution in [2.75, 3.05) is 13.2 Å². The smallest absolute Gasteiger partial charge is 0.0701 e. The molecule has 0 aliphatic carbocycles. The van der Waals surface area contributed by atoms with Crippen molar-refractivity contribution in [2.24, 2.45) is 5.92 Å². The van der Waals surface area contributed by atoms with Crippen LogP contribution in [0.3, 0.4) is 0 Å². The molecule has 0 aromatic carbocycles. The van der Waals surface area contributed by atoms with E-state index in [2.05, 4.69) is 20.8 Å². The molecule has 0 radical (unpaired) electrons. The summed E-state index contributed by atoms with van der Waals surface area (Å²) in [4.78, 5) is 0. The van der Waals surface area contributed by atoms with Gasteiger partial charge in [0.1, 0.15) is 0 Å². The van der Waals surface area contributed by atoms with Crippen LogP contribution in [0.25, 0.3) is 0 Å². The Hall–Kier alpha value is -0.0800. The second-order valence-electron chi connectivity index (χ2n) is 9.61. The van der Waals surface area contributed by atoms with E-state index < -0.39 is 0 Å². The van der Waals surface area contributed by atoms with E-state index in [1.54, 1.807) is 0 Å². The molecule has 2 atom stereocenters. The van der Waals surface area contributed by atoms with Crippen LogP contribution in [0.5, 0.6) is 0 Å². The summed E-state index contributed by atoms with van der Waals surface area (Å²) in [6, 6.07) is 0. The van der Waals surface area contributed by atoms with Crippen LogP contribution in [0.15, 0.2) is 0 Å². The van der Waals surface area contributed by atoms with Gasteiger partial charge in [0.25, 0.3) is 0 Å². The van der Waals surface area contributed by atoms with Gasteiger partial charge < -0.3 is 9.84 Å². The van der Waals surface area contributed by atoms with E-state index >= 15 is 0 Å². The summed E-state index contributed by atoms with van der Waals surface area (Å²) in [5.74, 6) is 0.796. The zero-order valence-corrected chi connectivity index (χ0v) is 21.3. The molecule has 2 heteroatoms. The van der Waals surface area contributed by atoms with Crippen molar-refractivity contribution in [3.05, 3.63) is 0 Å². The number of aliphatic hydroxyl groups excluding tert-OH is 1. The second kappa shape index (κ2) is 25.2. The Labute approximate surface area is 191 Å². The van der Waals surface area contributed by atoms with Crippen molar-refractivity contribution in [3.8, 4) is 0 Å². The van der Waals surface area contributed by atoms with Gasteiger partial charge in [0.2, 0.25) is 0 Å². The standard InChI is InChI=1S/C28H58O2/c1-4-7-9-10-11-12-13-14-15-16-17-18-19-20-21-23-28(30-25-24-29)26-27(6-3)22-8-5-2/h27-29H,4-26H2,1-3H3. The van der Waals surface area contributed by atoms with Crippen molar-refractivity contribution in [2.45, 2.75) is 162 Å². The number of unbranched alkanes of at least 4 members (excludes halogenated alkanes) is 15. The molecule has 0 aliphatic rings. The summed E-state index contributed by atoms with van der Waals surface area (Å²) in [5, 5.41) is 9.13. The third-order valence-corrected chi connectivity index (χ3v) is 6.71. The Bertz CT molecular complexity index is 305. The van der Waals surface area contributed by atoms with Gasteiger partial charge in [0, 0.05) is 0 Å². The summed E-state index contributed by atoms with van der Waals surface area (Å²) < 4.78 is 5.97. The average molecular weight is 427 g/mol. The predicted octanol–water partition coefficient (Wildman–Crippen LogP) is 9.23. The van der Waals surface area contributed by atoms with E-state index in [-0.39, 0.29) is 6.61 Å². The highest BCUT2D eigenvalue weighted by molar-refractivity contribution is 4.67. The normalized spacial score (nSPS) is 13.6. The fourth-order valence-corrected chi connectivity index (χ4v) is 4.59. The third kappa shape index (κ3) is 21.2. The van der Waals surface area contributed by atoms with Gasteiger partial charge in [-0.15, -0.1) is 0 Å². The Morgan fingerprint density at radius 1 is 0.567 bits per heavy atom. The minimum absolute atomic E-state index is 0.154. The molecule has 0 spiro atoms. The maximum atomic E-state index is 9.13. The highest BCUT2D eigenvalue weighted by Crippen LogP contribution is 2.23. The Morgan fingerprint density at radius 2 is 1.03 bits per heavy atom. The molecule has 0 aliphatic heterocycles. The molecule has 2 nitrogen and oxygen atoms in total. The Morgan fingerprint density at radius 3 is 1.47 bits per heavy atom. The fourth-order valence-electron chi connectivity index (χ4n) is 4.59. The fraction of sp³-hybridized carbons (Fsp3) is 1.00. The first-order chi connectivity index (χ1) is 14.8. The number of aliphatic hydroxyl groups is 1. The highest BCUT2D eigenvalue weighted by Gasteiger charge is 2.15. The van der Waals surface area contributed by atoms with Crippen LogP contribution in [0, 0.1) is 5.92 Å². The molecular formula is C28H58O2. The molecule has 0 fully saturated rings. The summed E-state index contributed by atoms with van der Waals surface area (Å²) in [6.45, 7) is 7.55.